The molecule has 1 atom stereocenters. The van der Waals surface area contributed by atoms with Gasteiger partial charge >= 0.3 is 0 Å². The predicted molar refractivity (Wildman–Crippen MR) is 85.6 cm³/mol. The van der Waals surface area contributed by atoms with Crippen LogP contribution in [-0.4, -0.2) is 29.7 Å². The Morgan fingerprint density at radius 3 is 2.29 bits per heavy atom. The average Bonchev–Trinajstić information content (AvgIpc) is 2.95. The fourth-order valence-electron chi connectivity index (χ4n) is 3.04. The number of hydrogen-bond donors (Lipinski definition) is 1. The van der Waals surface area contributed by atoms with E-state index in [1.54, 1.807) is 0 Å². The van der Waals surface area contributed by atoms with Crippen LogP contribution in [-0.2, 0) is 29.6 Å². The lowest BCUT2D eigenvalue weighted by Crippen LogP contribution is -2.26. The van der Waals surface area contributed by atoms with Gasteiger partial charge in [0.05, 0.1) is 0 Å². The van der Waals surface area contributed by atoms with Crippen LogP contribution in [0.15, 0.2) is 0 Å². The van der Waals surface area contributed by atoms with Crippen molar-refractivity contribution in [3.63, 3.8) is 0 Å². The zero-order chi connectivity index (χ0) is 15.3. The summed E-state index contributed by atoms with van der Waals surface area (Å²) in [5, 5.41) is 3.40. The van der Waals surface area contributed by atoms with Crippen molar-refractivity contribution in [2.45, 2.75) is 65.4 Å². The number of aromatic nitrogens is 2. The maximum absolute atomic E-state index is 5.93. The maximum Gasteiger partial charge on any atom is 0.160 e. The number of rotatable bonds is 7. The largest absolute Gasteiger partial charge is 0.367 e. The second-order valence-electron chi connectivity index (χ2n) is 5.91. The van der Waals surface area contributed by atoms with E-state index in [1.807, 2.05) is 0 Å². The molecule has 1 aliphatic rings. The van der Waals surface area contributed by atoms with Crippen LogP contribution in [0.3, 0.4) is 0 Å². The van der Waals surface area contributed by atoms with Crippen molar-refractivity contribution in [3.05, 3.63) is 22.8 Å². The quantitative estimate of drug-likeness (QED) is 0.785. The summed E-state index contributed by atoms with van der Waals surface area (Å²) in [5.41, 5.74) is 3.46. The molecule has 0 amide bonds. The van der Waals surface area contributed by atoms with Crippen LogP contribution >= 0.6 is 0 Å². The molecule has 0 aliphatic carbocycles. The van der Waals surface area contributed by atoms with Crippen LogP contribution < -0.4 is 5.32 Å². The van der Waals surface area contributed by atoms with Gasteiger partial charge in [0.2, 0.25) is 0 Å². The van der Waals surface area contributed by atoms with Crippen LogP contribution in [0.2, 0.25) is 0 Å². The van der Waals surface area contributed by atoms with Crippen LogP contribution in [0.25, 0.3) is 0 Å². The molecule has 21 heavy (non-hydrogen) atoms. The number of nitrogens with one attached hydrogen (secondary N) is 1. The Hall–Kier alpha value is -1.00. The zero-order valence-electron chi connectivity index (χ0n) is 14.0. The first-order valence-electron chi connectivity index (χ1n) is 8.38. The molecule has 1 N–H and O–H groups in total. The van der Waals surface area contributed by atoms with Gasteiger partial charge in [0.25, 0.3) is 0 Å². The molecule has 0 aromatic carbocycles. The fourth-order valence-corrected chi connectivity index (χ4v) is 3.04. The summed E-state index contributed by atoms with van der Waals surface area (Å²) in [6.45, 7) is 11.5. The van der Waals surface area contributed by atoms with Crippen LogP contribution in [0.1, 0.15) is 63.3 Å². The van der Waals surface area contributed by atoms with Gasteiger partial charge in [-0.2, -0.15) is 0 Å². The standard InChI is InChI=1S/C17H29N3O/c1-5-14-13(9-11-18-7-3)15(6-2)20-16(19-14)17(4)10-8-12-21-17/h18H,5-12H2,1-4H3. The molecule has 2 rings (SSSR count). The summed E-state index contributed by atoms with van der Waals surface area (Å²) in [7, 11) is 0. The van der Waals surface area contributed by atoms with Gasteiger partial charge in [0.1, 0.15) is 5.60 Å². The third-order valence-corrected chi connectivity index (χ3v) is 4.34. The highest BCUT2D eigenvalue weighted by molar-refractivity contribution is 5.28. The molecule has 0 bridgehead atoms. The zero-order valence-corrected chi connectivity index (χ0v) is 14.0. The number of ether oxygens (including phenoxy) is 1. The van der Waals surface area contributed by atoms with E-state index >= 15 is 0 Å². The number of likely N-dealkylation sites (N-methyl/N-ethyl adjacent to an activating group) is 1. The predicted octanol–water partition coefficient (Wildman–Crippen LogP) is 2.78. The van der Waals surface area contributed by atoms with Crippen molar-refractivity contribution in [3.8, 4) is 0 Å². The van der Waals surface area contributed by atoms with Gasteiger partial charge < -0.3 is 10.1 Å². The summed E-state index contributed by atoms with van der Waals surface area (Å²) in [5.74, 6) is 0.890. The Kier molecular flexibility index (Phi) is 5.71. The molecule has 1 aromatic rings. The van der Waals surface area contributed by atoms with Gasteiger partial charge in [-0.1, -0.05) is 20.8 Å². The van der Waals surface area contributed by atoms with Crippen molar-refractivity contribution in [2.75, 3.05) is 19.7 Å². The van der Waals surface area contributed by atoms with Crippen molar-refractivity contribution >= 4 is 0 Å². The van der Waals surface area contributed by atoms with Gasteiger partial charge in [0.15, 0.2) is 5.82 Å². The number of hydrogen-bond acceptors (Lipinski definition) is 4. The molecule has 1 saturated heterocycles. The molecule has 4 heteroatoms. The highest BCUT2D eigenvalue weighted by atomic mass is 16.5. The normalized spacial score (nSPS) is 21.9. The molecular formula is C17H29N3O. The third-order valence-electron chi connectivity index (χ3n) is 4.34. The van der Waals surface area contributed by atoms with E-state index in [-0.39, 0.29) is 5.60 Å². The summed E-state index contributed by atoms with van der Waals surface area (Å²) in [6.07, 6.45) is 5.05. The molecule has 2 heterocycles. The Morgan fingerprint density at radius 2 is 1.81 bits per heavy atom. The van der Waals surface area contributed by atoms with Gasteiger partial charge in [-0.15, -0.1) is 0 Å². The van der Waals surface area contributed by atoms with Crippen molar-refractivity contribution in [1.29, 1.82) is 0 Å². The second-order valence-corrected chi connectivity index (χ2v) is 5.91. The van der Waals surface area contributed by atoms with E-state index in [9.17, 15) is 0 Å². The molecule has 0 radical (unpaired) electrons. The lowest BCUT2D eigenvalue weighted by molar-refractivity contribution is 0.00894. The minimum absolute atomic E-state index is 0.284. The first-order chi connectivity index (χ1) is 10.1. The average molecular weight is 291 g/mol. The highest BCUT2D eigenvalue weighted by Crippen LogP contribution is 2.34. The Bertz CT molecular complexity index is 442. The van der Waals surface area contributed by atoms with Gasteiger partial charge in [-0.3, -0.25) is 0 Å². The molecule has 0 saturated carbocycles. The van der Waals surface area contributed by atoms with E-state index in [1.165, 1.54) is 17.0 Å². The summed E-state index contributed by atoms with van der Waals surface area (Å²) >= 11 is 0. The smallest absolute Gasteiger partial charge is 0.160 e. The highest BCUT2D eigenvalue weighted by Gasteiger charge is 2.35. The number of aryl methyl sites for hydroxylation is 2. The molecule has 1 unspecified atom stereocenters. The molecule has 1 aliphatic heterocycles. The van der Waals surface area contributed by atoms with Gasteiger partial charge in [-0.25, -0.2) is 9.97 Å². The minimum atomic E-state index is -0.284. The third kappa shape index (κ3) is 3.61. The van der Waals surface area contributed by atoms with Crippen molar-refractivity contribution in [2.24, 2.45) is 0 Å². The van der Waals surface area contributed by atoms with E-state index in [4.69, 9.17) is 14.7 Å². The first-order valence-corrected chi connectivity index (χ1v) is 8.38. The summed E-state index contributed by atoms with van der Waals surface area (Å²) in [4.78, 5) is 9.74. The van der Waals surface area contributed by atoms with Gasteiger partial charge in [0, 0.05) is 18.0 Å². The molecule has 1 aromatic heterocycles. The van der Waals surface area contributed by atoms with E-state index < -0.39 is 0 Å². The monoisotopic (exact) mass is 291 g/mol. The topological polar surface area (TPSA) is 47.0 Å². The molecule has 4 nitrogen and oxygen atoms in total. The Labute approximate surface area is 128 Å². The SMILES string of the molecule is CCNCCc1c(CC)nc(C2(C)CCCO2)nc1CC. The molecule has 118 valence electrons. The molecule has 1 fully saturated rings. The van der Waals surface area contributed by atoms with E-state index in [2.05, 4.69) is 33.0 Å². The lowest BCUT2D eigenvalue weighted by Gasteiger charge is -2.24. The Morgan fingerprint density at radius 1 is 1.14 bits per heavy atom. The van der Waals surface area contributed by atoms with E-state index in [0.29, 0.717) is 0 Å². The summed E-state index contributed by atoms with van der Waals surface area (Å²) < 4.78 is 5.93. The maximum atomic E-state index is 5.93. The lowest BCUT2D eigenvalue weighted by atomic mass is 9.99. The van der Waals surface area contributed by atoms with Crippen LogP contribution in [0.4, 0.5) is 0 Å². The first kappa shape index (κ1) is 16.4. The van der Waals surface area contributed by atoms with Crippen LogP contribution in [0, 0.1) is 0 Å². The fraction of sp³-hybridized carbons (Fsp3) is 0.765. The van der Waals surface area contributed by atoms with E-state index in [0.717, 1.165) is 57.6 Å². The van der Waals surface area contributed by atoms with Gasteiger partial charge in [-0.05, 0) is 57.7 Å². The summed E-state index contributed by atoms with van der Waals surface area (Å²) in [6, 6.07) is 0. The van der Waals surface area contributed by atoms with Crippen LogP contribution in [0.5, 0.6) is 0 Å². The van der Waals surface area contributed by atoms with Crippen molar-refractivity contribution in [1.82, 2.24) is 15.3 Å². The Balaban J connectivity index is 2.33. The van der Waals surface area contributed by atoms with Crippen molar-refractivity contribution < 1.29 is 4.74 Å². The minimum Gasteiger partial charge on any atom is -0.367 e. The molecule has 0 spiro atoms. The second kappa shape index (κ2) is 7.32. The number of nitrogens with zero attached hydrogens (tertiary/aromatic N) is 2. The molecular weight excluding hydrogens is 262 g/mol.